The zero-order chi connectivity index (χ0) is 9.43. The van der Waals surface area contributed by atoms with Gasteiger partial charge in [-0.05, 0) is 32.1 Å². The zero-order valence-electron chi connectivity index (χ0n) is 8.93. The van der Waals surface area contributed by atoms with Crippen LogP contribution in [0.15, 0.2) is 0 Å². The number of morpholine rings is 1. The lowest BCUT2D eigenvalue weighted by atomic mass is 9.80. The second kappa shape index (κ2) is 3.49. The highest BCUT2D eigenvalue weighted by Gasteiger charge is 2.43. The third kappa shape index (κ3) is 1.49. The molecule has 3 fully saturated rings. The molecule has 0 radical (unpaired) electrons. The smallest absolute Gasteiger partial charge is 0.0729 e. The lowest BCUT2D eigenvalue weighted by Gasteiger charge is -2.46. The predicted molar refractivity (Wildman–Crippen MR) is 56.3 cm³/mol. The van der Waals surface area contributed by atoms with Gasteiger partial charge in [-0.15, -0.1) is 0 Å². The first kappa shape index (κ1) is 9.17. The molecule has 0 aromatic carbocycles. The summed E-state index contributed by atoms with van der Waals surface area (Å²) in [6.07, 6.45) is 11.4. The summed E-state index contributed by atoms with van der Waals surface area (Å²) in [6, 6.07) is 0.682. The van der Waals surface area contributed by atoms with Crippen LogP contribution in [-0.4, -0.2) is 24.3 Å². The SMILES string of the molecule is C1CCC2(CC1)COC1CCCC1N2. The van der Waals surface area contributed by atoms with Gasteiger partial charge in [-0.2, -0.15) is 0 Å². The molecule has 3 rings (SSSR count). The van der Waals surface area contributed by atoms with Gasteiger partial charge in [0.15, 0.2) is 0 Å². The van der Waals surface area contributed by atoms with Gasteiger partial charge in [-0.1, -0.05) is 19.3 Å². The van der Waals surface area contributed by atoms with E-state index in [1.165, 1.54) is 51.4 Å². The summed E-state index contributed by atoms with van der Waals surface area (Å²) >= 11 is 0. The maximum absolute atomic E-state index is 6.03. The molecular weight excluding hydrogens is 174 g/mol. The van der Waals surface area contributed by atoms with E-state index in [4.69, 9.17) is 4.74 Å². The van der Waals surface area contributed by atoms with Crippen LogP contribution in [0.5, 0.6) is 0 Å². The molecule has 0 aromatic rings. The van der Waals surface area contributed by atoms with Gasteiger partial charge in [0.25, 0.3) is 0 Å². The summed E-state index contributed by atoms with van der Waals surface area (Å²) in [5, 5.41) is 3.91. The van der Waals surface area contributed by atoms with Crippen molar-refractivity contribution in [2.75, 3.05) is 6.61 Å². The minimum Gasteiger partial charge on any atom is -0.375 e. The second-order valence-corrected chi connectivity index (χ2v) is 5.37. The molecule has 3 aliphatic rings. The fourth-order valence-corrected chi connectivity index (χ4v) is 3.51. The molecule has 14 heavy (non-hydrogen) atoms. The van der Waals surface area contributed by atoms with Crippen molar-refractivity contribution in [1.82, 2.24) is 5.32 Å². The lowest BCUT2D eigenvalue weighted by molar-refractivity contribution is -0.0617. The van der Waals surface area contributed by atoms with Crippen molar-refractivity contribution in [1.29, 1.82) is 0 Å². The van der Waals surface area contributed by atoms with E-state index in [0.29, 0.717) is 17.7 Å². The molecule has 80 valence electrons. The largest absolute Gasteiger partial charge is 0.375 e. The Morgan fingerprint density at radius 1 is 1.00 bits per heavy atom. The average molecular weight is 195 g/mol. The van der Waals surface area contributed by atoms with Crippen LogP contribution in [0.3, 0.4) is 0 Å². The Balaban J connectivity index is 1.70. The number of hydrogen-bond donors (Lipinski definition) is 1. The van der Waals surface area contributed by atoms with Crippen LogP contribution in [0.1, 0.15) is 51.4 Å². The number of fused-ring (bicyclic) bond motifs is 1. The van der Waals surface area contributed by atoms with Crippen LogP contribution in [0.4, 0.5) is 0 Å². The predicted octanol–water partition coefficient (Wildman–Crippen LogP) is 2.23. The fraction of sp³-hybridized carbons (Fsp3) is 1.00. The molecule has 1 saturated heterocycles. The Bertz CT molecular complexity index is 210. The van der Waals surface area contributed by atoms with Gasteiger partial charge < -0.3 is 10.1 Å². The molecular formula is C12H21NO. The van der Waals surface area contributed by atoms with Crippen LogP contribution < -0.4 is 5.32 Å². The minimum atomic E-state index is 0.379. The van der Waals surface area contributed by atoms with E-state index >= 15 is 0 Å². The van der Waals surface area contributed by atoms with Gasteiger partial charge in [0.1, 0.15) is 0 Å². The molecule has 1 N–H and O–H groups in total. The highest BCUT2D eigenvalue weighted by Crippen LogP contribution is 2.36. The topological polar surface area (TPSA) is 21.3 Å². The molecule has 1 heterocycles. The van der Waals surface area contributed by atoms with Crippen molar-refractivity contribution < 1.29 is 4.74 Å². The zero-order valence-corrected chi connectivity index (χ0v) is 8.93. The highest BCUT2D eigenvalue weighted by atomic mass is 16.5. The number of ether oxygens (including phenoxy) is 1. The van der Waals surface area contributed by atoms with E-state index in [9.17, 15) is 0 Å². The number of nitrogens with one attached hydrogen (secondary N) is 1. The third-order valence-electron chi connectivity index (χ3n) is 4.33. The van der Waals surface area contributed by atoms with Crippen molar-refractivity contribution in [2.24, 2.45) is 0 Å². The standard InChI is InChI=1S/C12H21NO/c1-2-7-12(8-3-1)9-14-11-6-4-5-10(11)13-12/h10-11,13H,1-9H2. The molecule has 2 saturated carbocycles. The molecule has 1 spiro atoms. The maximum atomic E-state index is 6.03. The fourth-order valence-electron chi connectivity index (χ4n) is 3.51. The van der Waals surface area contributed by atoms with Gasteiger partial charge in [0.2, 0.25) is 0 Å². The van der Waals surface area contributed by atoms with Crippen LogP contribution in [0.25, 0.3) is 0 Å². The Kier molecular flexibility index (Phi) is 2.29. The first-order valence-electron chi connectivity index (χ1n) is 6.27. The number of hydrogen-bond acceptors (Lipinski definition) is 2. The number of rotatable bonds is 0. The van der Waals surface area contributed by atoms with Crippen molar-refractivity contribution in [3.8, 4) is 0 Å². The van der Waals surface area contributed by atoms with Crippen LogP contribution in [0.2, 0.25) is 0 Å². The van der Waals surface area contributed by atoms with Gasteiger partial charge in [0, 0.05) is 11.6 Å². The van der Waals surface area contributed by atoms with Crippen LogP contribution in [-0.2, 0) is 4.74 Å². The van der Waals surface area contributed by atoms with E-state index < -0.39 is 0 Å². The summed E-state index contributed by atoms with van der Waals surface area (Å²) in [4.78, 5) is 0. The molecule has 2 aliphatic carbocycles. The first-order valence-corrected chi connectivity index (χ1v) is 6.27. The Morgan fingerprint density at radius 2 is 1.86 bits per heavy atom. The summed E-state index contributed by atoms with van der Waals surface area (Å²) in [5.74, 6) is 0. The third-order valence-corrected chi connectivity index (χ3v) is 4.33. The summed E-state index contributed by atoms with van der Waals surface area (Å²) in [6.45, 7) is 0.980. The highest BCUT2D eigenvalue weighted by molar-refractivity contribution is 5.00. The van der Waals surface area contributed by atoms with Crippen LogP contribution in [0, 0.1) is 0 Å². The van der Waals surface area contributed by atoms with Gasteiger partial charge in [-0.25, -0.2) is 0 Å². The Morgan fingerprint density at radius 3 is 2.71 bits per heavy atom. The molecule has 2 heteroatoms. The van der Waals surface area contributed by atoms with Crippen molar-refractivity contribution in [3.63, 3.8) is 0 Å². The van der Waals surface area contributed by atoms with E-state index in [0.717, 1.165) is 6.61 Å². The van der Waals surface area contributed by atoms with E-state index in [-0.39, 0.29) is 0 Å². The molecule has 2 nitrogen and oxygen atoms in total. The Labute approximate surface area is 86.4 Å². The minimum absolute atomic E-state index is 0.379. The maximum Gasteiger partial charge on any atom is 0.0729 e. The van der Waals surface area contributed by atoms with Gasteiger partial charge >= 0.3 is 0 Å². The monoisotopic (exact) mass is 195 g/mol. The first-order chi connectivity index (χ1) is 6.88. The molecule has 0 bridgehead atoms. The van der Waals surface area contributed by atoms with E-state index in [1.54, 1.807) is 0 Å². The normalized spacial score (nSPS) is 41.1. The molecule has 2 unspecified atom stereocenters. The summed E-state index contributed by atoms with van der Waals surface area (Å²) in [5.41, 5.74) is 0.379. The lowest BCUT2D eigenvalue weighted by Crippen LogP contribution is -2.61. The van der Waals surface area contributed by atoms with Gasteiger partial charge in [-0.3, -0.25) is 0 Å². The van der Waals surface area contributed by atoms with Gasteiger partial charge in [0.05, 0.1) is 12.7 Å². The molecule has 0 aromatic heterocycles. The molecule has 0 amide bonds. The molecule has 2 atom stereocenters. The van der Waals surface area contributed by atoms with Crippen molar-refractivity contribution >= 4 is 0 Å². The van der Waals surface area contributed by atoms with Crippen molar-refractivity contribution in [3.05, 3.63) is 0 Å². The second-order valence-electron chi connectivity index (χ2n) is 5.37. The Hall–Kier alpha value is -0.0800. The van der Waals surface area contributed by atoms with Crippen molar-refractivity contribution in [2.45, 2.75) is 69.1 Å². The van der Waals surface area contributed by atoms with E-state index in [1.807, 2.05) is 0 Å². The summed E-state index contributed by atoms with van der Waals surface area (Å²) in [7, 11) is 0. The molecule has 1 aliphatic heterocycles. The average Bonchev–Trinajstić information content (AvgIpc) is 2.66. The van der Waals surface area contributed by atoms with Crippen LogP contribution >= 0.6 is 0 Å². The van der Waals surface area contributed by atoms with E-state index in [2.05, 4.69) is 5.32 Å². The quantitative estimate of drug-likeness (QED) is 0.640. The summed E-state index contributed by atoms with van der Waals surface area (Å²) < 4.78 is 6.03.